The third-order valence-corrected chi connectivity index (χ3v) is 17.8. The first kappa shape index (κ1) is 55.8. The van der Waals surface area contributed by atoms with Gasteiger partial charge >= 0.3 is 0 Å². The van der Waals surface area contributed by atoms with Gasteiger partial charge in [-0.25, -0.2) is 0 Å². The summed E-state index contributed by atoms with van der Waals surface area (Å²) in [5.74, 6) is 0. The van der Waals surface area contributed by atoms with E-state index in [0.717, 1.165) is 22.7 Å². The summed E-state index contributed by atoms with van der Waals surface area (Å²) in [5, 5.41) is 2.58. The van der Waals surface area contributed by atoms with E-state index in [-0.39, 0.29) is 39.2 Å². The summed E-state index contributed by atoms with van der Waals surface area (Å²) in [5.41, 5.74) is 25.4. The Morgan fingerprint density at radius 1 is 0.313 bits per heavy atom. The quantitative estimate of drug-likeness (QED) is 0.154. The molecule has 0 unspecified atom stereocenters. The van der Waals surface area contributed by atoms with Gasteiger partial charge in [0.1, 0.15) is 0 Å². The van der Waals surface area contributed by atoms with E-state index in [1.165, 1.54) is 106 Å². The van der Waals surface area contributed by atoms with Gasteiger partial charge in [0.15, 0.2) is 0 Å². The zero-order chi connectivity index (χ0) is 59.1. The smallest absolute Gasteiger partial charge is 0.252 e. The molecule has 420 valence electrons. The minimum absolute atomic E-state index is 0.0133. The molecule has 3 heterocycles. The molecule has 10 aromatic rings. The molecule has 0 fully saturated rings. The molecule has 0 saturated heterocycles. The Hall–Kier alpha value is -7.76. The molecule has 83 heavy (non-hydrogen) atoms. The molecular weight excluding hydrogens is 1000 g/mol. The molecule has 0 N–H and O–H groups in total. The van der Waals surface area contributed by atoms with E-state index in [1.807, 2.05) is 0 Å². The second-order valence-electron chi connectivity index (χ2n) is 30.0. The van der Waals surface area contributed by atoms with Crippen molar-refractivity contribution in [2.75, 3.05) is 14.7 Å². The first-order chi connectivity index (χ1) is 39.0. The van der Waals surface area contributed by atoms with Crippen LogP contribution in [0.2, 0.25) is 0 Å². The van der Waals surface area contributed by atoms with E-state index in [2.05, 4.69) is 332 Å². The fourth-order valence-electron chi connectivity index (χ4n) is 13.5. The maximum absolute atomic E-state index is 2.69. The van der Waals surface area contributed by atoms with Gasteiger partial charge in [-0.3, -0.25) is 0 Å². The van der Waals surface area contributed by atoms with Crippen LogP contribution in [0.15, 0.2) is 188 Å². The summed E-state index contributed by atoms with van der Waals surface area (Å²) >= 11 is 0. The van der Waals surface area contributed by atoms with Crippen LogP contribution < -0.4 is 31.1 Å². The first-order valence-corrected chi connectivity index (χ1v) is 30.3. The van der Waals surface area contributed by atoms with E-state index >= 15 is 0 Å². The highest BCUT2D eigenvalue weighted by Crippen LogP contribution is 2.54. The van der Waals surface area contributed by atoms with Gasteiger partial charge in [-0.2, -0.15) is 0 Å². The Morgan fingerprint density at radius 3 is 1.11 bits per heavy atom. The summed E-state index contributed by atoms with van der Waals surface area (Å²) in [7, 11) is 0. The summed E-state index contributed by atoms with van der Waals surface area (Å²) in [6.45, 7) is 42.3. The van der Waals surface area contributed by atoms with Crippen LogP contribution in [0, 0.1) is 0 Å². The Kier molecular flexibility index (Phi) is 13.0. The molecule has 0 atom stereocenters. The van der Waals surface area contributed by atoms with Crippen molar-refractivity contribution < 1.29 is 0 Å². The number of fused-ring (bicyclic) bond motifs is 7. The summed E-state index contributed by atoms with van der Waals surface area (Å²) < 4.78 is 2.48. The van der Waals surface area contributed by atoms with Crippen molar-refractivity contribution in [2.24, 2.45) is 0 Å². The number of nitrogens with zero attached hydrogens (tertiary/aromatic N) is 4. The number of aromatic nitrogens is 1. The van der Waals surface area contributed by atoms with Gasteiger partial charge in [-0.15, -0.1) is 0 Å². The number of rotatable bonds is 6. The highest BCUT2D eigenvalue weighted by Gasteiger charge is 2.48. The molecule has 4 nitrogen and oxygen atoms in total. The molecule has 0 spiro atoms. The number of hydrogen-bond donors (Lipinski definition) is 0. The number of para-hydroxylation sites is 5. The molecule has 1 aromatic heterocycles. The predicted octanol–water partition coefficient (Wildman–Crippen LogP) is 20.1. The van der Waals surface area contributed by atoms with Crippen LogP contribution in [0.5, 0.6) is 0 Å². The van der Waals surface area contributed by atoms with Crippen LogP contribution in [-0.4, -0.2) is 11.3 Å². The molecule has 0 bridgehead atoms. The molecule has 2 aliphatic heterocycles. The molecular formula is C78H85BN4. The zero-order valence-electron chi connectivity index (χ0n) is 52.8. The van der Waals surface area contributed by atoms with Crippen molar-refractivity contribution in [1.82, 2.24) is 4.57 Å². The van der Waals surface area contributed by atoms with Crippen LogP contribution in [-0.2, 0) is 32.5 Å². The average Bonchev–Trinajstić information content (AvgIpc) is 3.90. The van der Waals surface area contributed by atoms with Gasteiger partial charge in [0.25, 0.3) is 6.71 Å². The number of benzene rings is 9. The summed E-state index contributed by atoms with van der Waals surface area (Å²) in [6, 6.07) is 72.5. The van der Waals surface area contributed by atoms with Gasteiger partial charge in [-0.05, 0) is 167 Å². The Balaban J connectivity index is 1.19. The lowest BCUT2D eigenvalue weighted by atomic mass is 9.33. The van der Waals surface area contributed by atoms with Crippen LogP contribution in [0.25, 0.3) is 27.5 Å². The molecule has 2 aliphatic rings. The maximum Gasteiger partial charge on any atom is 0.252 e. The molecule has 12 rings (SSSR count). The monoisotopic (exact) mass is 1090 g/mol. The third kappa shape index (κ3) is 9.47. The highest BCUT2D eigenvalue weighted by atomic mass is 15.2. The Bertz CT molecular complexity index is 3940. The third-order valence-electron chi connectivity index (χ3n) is 17.8. The van der Waals surface area contributed by atoms with Gasteiger partial charge < -0.3 is 19.3 Å². The van der Waals surface area contributed by atoms with E-state index in [1.54, 1.807) is 0 Å². The van der Waals surface area contributed by atoms with Crippen molar-refractivity contribution in [3.05, 3.63) is 221 Å². The molecule has 0 aliphatic carbocycles. The van der Waals surface area contributed by atoms with Crippen molar-refractivity contribution in [3.63, 3.8) is 0 Å². The lowest BCUT2D eigenvalue weighted by molar-refractivity contribution is 0.587. The van der Waals surface area contributed by atoms with Gasteiger partial charge in [0.05, 0.1) is 16.7 Å². The average molecular weight is 1090 g/mol. The molecule has 9 aromatic carbocycles. The lowest BCUT2D eigenvalue weighted by Gasteiger charge is -2.48. The lowest BCUT2D eigenvalue weighted by Crippen LogP contribution is -2.62. The largest absolute Gasteiger partial charge is 0.311 e. The predicted molar refractivity (Wildman–Crippen MR) is 362 cm³/mol. The van der Waals surface area contributed by atoms with Crippen molar-refractivity contribution in [1.29, 1.82) is 0 Å². The van der Waals surface area contributed by atoms with Crippen molar-refractivity contribution >= 4 is 96.1 Å². The zero-order valence-corrected chi connectivity index (χ0v) is 52.8. The Labute approximate surface area is 496 Å². The number of anilines is 9. The van der Waals surface area contributed by atoms with Crippen LogP contribution in [0.4, 0.5) is 51.2 Å². The van der Waals surface area contributed by atoms with Gasteiger partial charge in [-0.1, -0.05) is 228 Å². The molecule has 0 saturated carbocycles. The summed E-state index contributed by atoms with van der Waals surface area (Å²) in [4.78, 5) is 7.88. The Morgan fingerprint density at radius 2 is 0.699 bits per heavy atom. The summed E-state index contributed by atoms with van der Waals surface area (Å²) in [6.07, 6.45) is 0. The second kappa shape index (κ2) is 19.4. The second-order valence-corrected chi connectivity index (χ2v) is 30.0. The van der Waals surface area contributed by atoms with Crippen molar-refractivity contribution in [3.8, 4) is 5.69 Å². The van der Waals surface area contributed by atoms with E-state index in [9.17, 15) is 0 Å². The van der Waals surface area contributed by atoms with Crippen LogP contribution in [0.3, 0.4) is 0 Å². The highest BCUT2D eigenvalue weighted by molar-refractivity contribution is 7.00. The first-order valence-electron chi connectivity index (χ1n) is 30.3. The maximum atomic E-state index is 2.69. The van der Waals surface area contributed by atoms with Crippen LogP contribution >= 0.6 is 0 Å². The topological polar surface area (TPSA) is 14.7 Å². The minimum Gasteiger partial charge on any atom is -0.311 e. The van der Waals surface area contributed by atoms with Gasteiger partial charge in [0.2, 0.25) is 0 Å². The number of hydrogen-bond acceptors (Lipinski definition) is 3. The molecule has 0 radical (unpaired) electrons. The normalized spacial score (nSPS) is 13.8. The van der Waals surface area contributed by atoms with E-state index in [0.29, 0.717) is 0 Å². The van der Waals surface area contributed by atoms with E-state index in [4.69, 9.17) is 0 Å². The van der Waals surface area contributed by atoms with Crippen molar-refractivity contribution in [2.45, 2.75) is 157 Å². The van der Waals surface area contributed by atoms with Gasteiger partial charge in [0, 0.05) is 62.0 Å². The SMILES string of the molecule is CC(C)(C)c1ccc2c(c1)c1cc(C(C)(C)C)ccc1n2-c1ccc(N(c2ccccc2)c2cc3c4c(c2)N(c2ccccc2C(C)(C)C)c2c(cccc2C(C)(C)C)B4c2cccc(C(C)(C)C)c2N3c2ccccc2C(C)(C)C)cc1. The molecule has 0 amide bonds. The fraction of sp³-hybridized carbons (Fsp3) is 0.308. The van der Waals surface area contributed by atoms with E-state index < -0.39 is 0 Å². The standard InChI is InChI=1S/C78H85BN4/c1-73(2,3)50-38-44-64-56(46-50)57-47-51(74(4,5)6)39-45-65(57)81(64)54-42-40-53(41-43-54)80(52-28-20-19-21-29-52)55-48-68-70-69(49-55)83(67-37-25-23-31-59(67)76(10,11)12)72-61(78(16,17)18)33-27-35-63(72)79(70)62-34-26-32-60(77(13,14)15)71(62)82(68)66-36-24-22-30-58(66)75(7,8)9/h19-49H,1-18H3. The minimum atomic E-state index is -0.182. The molecule has 5 heteroatoms. The van der Waals surface area contributed by atoms with Crippen LogP contribution in [0.1, 0.15) is 158 Å². The fourth-order valence-corrected chi connectivity index (χ4v) is 13.5.